The maximum atomic E-state index is 13.1. The van der Waals surface area contributed by atoms with Crippen molar-refractivity contribution in [2.75, 3.05) is 0 Å². The lowest BCUT2D eigenvalue weighted by molar-refractivity contribution is 0.478. The molecule has 0 aliphatic rings. The van der Waals surface area contributed by atoms with Gasteiger partial charge in [0.1, 0.15) is 17.4 Å². The molecule has 0 amide bonds. The molecule has 1 aromatic carbocycles. The summed E-state index contributed by atoms with van der Waals surface area (Å²) in [5.41, 5.74) is 0. The van der Waals surface area contributed by atoms with E-state index in [2.05, 4.69) is 4.72 Å². The molecule has 0 saturated heterocycles. The molecule has 1 heterocycles. The van der Waals surface area contributed by atoms with Gasteiger partial charge in [-0.3, -0.25) is 0 Å². The predicted molar refractivity (Wildman–Crippen MR) is 68.6 cm³/mol. The average Bonchev–Trinajstić information content (AvgIpc) is 2.79. The van der Waals surface area contributed by atoms with Crippen LogP contribution in [0, 0.1) is 11.6 Å². The molecule has 7 heteroatoms. The van der Waals surface area contributed by atoms with Crippen molar-refractivity contribution < 1.29 is 21.6 Å². The van der Waals surface area contributed by atoms with Crippen LogP contribution in [0.25, 0.3) is 0 Å². The van der Waals surface area contributed by atoms with E-state index in [9.17, 15) is 17.2 Å². The smallest absolute Gasteiger partial charge is 0.241 e. The summed E-state index contributed by atoms with van der Waals surface area (Å²) >= 11 is 0. The molecule has 0 radical (unpaired) electrons. The molecule has 4 nitrogen and oxygen atoms in total. The molecule has 0 spiro atoms. The van der Waals surface area contributed by atoms with E-state index in [-0.39, 0.29) is 0 Å². The number of benzene rings is 1. The molecule has 0 fully saturated rings. The van der Waals surface area contributed by atoms with Crippen molar-refractivity contribution in [1.82, 2.24) is 4.72 Å². The van der Waals surface area contributed by atoms with E-state index in [1.165, 1.54) is 6.26 Å². The van der Waals surface area contributed by atoms with Crippen LogP contribution in [-0.4, -0.2) is 14.5 Å². The zero-order valence-electron chi connectivity index (χ0n) is 10.6. The van der Waals surface area contributed by atoms with E-state index in [1.54, 1.807) is 19.1 Å². The Morgan fingerprint density at radius 1 is 1.25 bits per heavy atom. The first-order chi connectivity index (χ1) is 9.37. The molecule has 1 aromatic heterocycles. The zero-order valence-corrected chi connectivity index (χ0v) is 11.5. The Morgan fingerprint density at radius 3 is 2.45 bits per heavy atom. The van der Waals surface area contributed by atoms with Crippen LogP contribution in [0.15, 0.2) is 45.9 Å². The van der Waals surface area contributed by atoms with Crippen molar-refractivity contribution in [3.05, 3.63) is 54.0 Å². The molecule has 0 saturated carbocycles. The largest absolute Gasteiger partial charge is 0.469 e. The van der Waals surface area contributed by atoms with E-state index in [4.69, 9.17) is 4.42 Å². The second kappa shape index (κ2) is 5.72. The molecule has 1 unspecified atom stereocenters. The van der Waals surface area contributed by atoms with Gasteiger partial charge in [0.05, 0.1) is 11.2 Å². The predicted octanol–water partition coefficient (Wildman–Crippen LogP) is 2.47. The van der Waals surface area contributed by atoms with Gasteiger partial charge in [-0.05, 0) is 31.2 Å². The Balaban J connectivity index is 2.14. The minimum atomic E-state index is -3.98. The van der Waals surface area contributed by atoms with Gasteiger partial charge in [-0.15, -0.1) is 0 Å². The van der Waals surface area contributed by atoms with Gasteiger partial charge < -0.3 is 4.42 Å². The Bertz CT molecular complexity index is 663. The first-order valence-corrected chi connectivity index (χ1v) is 7.36. The second-order valence-electron chi connectivity index (χ2n) is 4.41. The van der Waals surface area contributed by atoms with Crippen LogP contribution >= 0.6 is 0 Å². The molecule has 20 heavy (non-hydrogen) atoms. The molecule has 0 aliphatic carbocycles. The molecule has 1 N–H and O–H groups in total. The highest BCUT2D eigenvalue weighted by atomic mass is 32.2. The molecular weight excluding hydrogens is 288 g/mol. The Kier molecular flexibility index (Phi) is 4.20. The zero-order chi connectivity index (χ0) is 14.8. The standard InChI is InChI=1S/C13H13F2NO3S/c1-9(5-12-3-2-4-19-12)16-20(17,18)13-7-10(14)6-11(15)8-13/h2-4,6-9,16H,5H2,1H3. The summed E-state index contributed by atoms with van der Waals surface area (Å²) in [5.74, 6) is -1.27. The fourth-order valence-corrected chi connectivity index (χ4v) is 3.07. The molecular formula is C13H13F2NO3S. The summed E-state index contributed by atoms with van der Waals surface area (Å²) in [6.07, 6.45) is 1.82. The molecule has 0 bridgehead atoms. The fourth-order valence-electron chi connectivity index (χ4n) is 1.79. The summed E-state index contributed by atoms with van der Waals surface area (Å²) in [6.45, 7) is 1.63. The summed E-state index contributed by atoms with van der Waals surface area (Å²) < 4.78 is 57.6. The third-order valence-electron chi connectivity index (χ3n) is 2.59. The van der Waals surface area contributed by atoms with E-state index >= 15 is 0 Å². The maximum absolute atomic E-state index is 13.1. The molecule has 1 atom stereocenters. The van der Waals surface area contributed by atoms with E-state index in [0.29, 0.717) is 18.2 Å². The minimum absolute atomic E-state index is 0.337. The van der Waals surface area contributed by atoms with Crippen molar-refractivity contribution in [2.24, 2.45) is 0 Å². The van der Waals surface area contributed by atoms with Gasteiger partial charge in [-0.2, -0.15) is 0 Å². The summed E-state index contributed by atoms with van der Waals surface area (Å²) in [6, 6.07) is 5.09. The van der Waals surface area contributed by atoms with Crippen LogP contribution in [-0.2, 0) is 16.4 Å². The summed E-state index contributed by atoms with van der Waals surface area (Å²) in [7, 11) is -3.98. The quantitative estimate of drug-likeness (QED) is 0.923. The number of halogens is 2. The average molecular weight is 301 g/mol. The van der Waals surface area contributed by atoms with Crippen LogP contribution in [0.2, 0.25) is 0 Å². The van der Waals surface area contributed by atoms with Crippen LogP contribution < -0.4 is 4.72 Å². The topological polar surface area (TPSA) is 59.3 Å². The highest BCUT2D eigenvalue weighted by Crippen LogP contribution is 2.14. The van der Waals surface area contributed by atoms with Crippen LogP contribution in [0.4, 0.5) is 8.78 Å². The summed E-state index contributed by atoms with van der Waals surface area (Å²) in [4.78, 5) is -0.443. The van der Waals surface area contributed by atoms with Gasteiger partial charge in [0.15, 0.2) is 0 Å². The lowest BCUT2D eigenvalue weighted by Crippen LogP contribution is -2.34. The number of hydrogen-bond acceptors (Lipinski definition) is 3. The van der Waals surface area contributed by atoms with Gasteiger partial charge in [0.2, 0.25) is 10.0 Å². The Morgan fingerprint density at radius 2 is 1.90 bits per heavy atom. The van der Waals surface area contributed by atoms with E-state index < -0.39 is 32.6 Å². The first kappa shape index (κ1) is 14.7. The van der Waals surface area contributed by atoms with Crippen LogP contribution in [0.1, 0.15) is 12.7 Å². The highest BCUT2D eigenvalue weighted by molar-refractivity contribution is 7.89. The fraction of sp³-hybridized carbons (Fsp3) is 0.231. The third-order valence-corrected chi connectivity index (χ3v) is 4.16. The summed E-state index contributed by atoms with van der Waals surface area (Å²) in [5, 5.41) is 0. The lowest BCUT2D eigenvalue weighted by atomic mass is 10.2. The number of sulfonamides is 1. The van der Waals surface area contributed by atoms with Gasteiger partial charge in [-0.25, -0.2) is 21.9 Å². The van der Waals surface area contributed by atoms with Crippen molar-refractivity contribution >= 4 is 10.0 Å². The molecule has 108 valence electrons. The second-order valence-corrected chi connectivity index (χ2v) is 6.12. The van der Waals surface area contributed by atoms with Gasteiger partial charge >= 0.3 is 0 Å². The lowest BCUT2D eigenvalue weighted by Gasteiger charge is -2.13. The number of nitrogens with one attached hydrogen (secondary N) is 1. The van der Waals surface area contributed by atoms with Gasteiger partial charge in [0, 0.05) is 18.5 Å². The van der Waals surface area contributed by atoms with Gasteiger partial charge in [-0.1, -0.05) is 0 Å². The Labute approximate surface area is 115 Å². The Hall–Kier alpha value is -1.73. The van der Waals surface area contributed by atoms with Crippen molar-refractivity contribution in [2.45, 2.75) is 24.3 Å². The molecule has 0 aliphatic heterocycles. The van der Waals surface area contributed by atoms with Crippen molar-refractivity contribution in [1.29, 1.82) is 0 Å². The number of hydrogen-bond donors (Lipinski definition) is 1. The highest BCUT2D eigenvalue weighted by Gasteiger charge is 2.19. The molecule has 2 rings (SSSR count). The first-order valence-electron chi connectivity index (χ1n) is 5.87. The van der Waals surface area contributed by atoms with Crippen LogP contribution in [0.5, 0.6) is 0 Å². The number of rotatable bonds is 5. The van der Waals surface area contributed by atoms with Gasteiger partial charge in [0.25, 0.3) is 0 Å². The molecule has 2 aromatic rings. The van der Waals surface area contributed by atoms with Crippen molar-refractivity contribution in [3.63, 3.8) is 0 Å². The monoisotopic (exact) mass is 301 g/mol. The van der Waals surface area contributed by atoms with Crippen molar-refractivity contribution in [3.8, 4) is 0 Å². The van der Waals surface area contributed by atoms with E-state index in [0.717, 1.165) is 12.1 Å². The number of furan rings is 1. The van der Waals surface area contributed by atoms with E-state index in [1.807, 2.05) is 0 Å². The van der Waals surface area contributed by atoms with Crippen LogP contribution in [0.3, 0.4) is 0 Å². The third kappa shape index (κ3) is 3.64. The minimum Gasteiger partial charge on any atom is -0.469 e. The normalized spacial score (nSPS) is 13.3. The maximum Gasteiger partial charge on any atom is 0.241 e. The SMILES string of the molecule is CC(Cc1ccco1)NS(=O)(=O)c1cc(F)cc(F)c1.